The minimum absolute atomic E-state index is 0.00740. The van der Waals surface area contributed by atoms with Crippen molar-refractivity contribution in [1.29, 1.82) is 0 Å². The van der Waals surface area contributed by atoms with Crippen LogP contribution in [0.15, 0.2) is 12.1 Å². The average Bonchev–Trinajstić information content (AvgIpc) is 2.85. The van der Waals surface area contributed by atoms with Gasteiger partial charge in [-0.1, -0.05) is 6.07 Å². The Morgan fingerprint density at radius 1 is 1.44 bits per heavy atom. The quantitative estimate of drug-likeness (QED) is 0.896. The normalized spacial score (nSPS) is 21.2. The van der Waals surface area contributed by atoms with Crippen LogP contribution in [0, 0.1) is 18.6 Å². The molecular weight excluding hydrogens is 236 g/mol. The third-order valence-corrected chi connectivity index (χ3v) is 3.51. The molecule has 0 amide bonds. The zero-order valence-corrected chi connectivity index (χ0v) is 10.6. The number of nitrogens with two attached hydrogens (primary N) is 1. The molecule has 2 unspecified atom stereocenters. The van der Waals surface area contributed by atoms with Crippen molar-refractivity contribution in [3.8, 4) is 0 Å². The maximum Gasteiger partial charge on any atom is 0.133 e. The Hall–Kier alpha value is -1.00. The zero-order valence-electron chi connectivity index (χ0n) is 10.6. The maximum atomic E-state index is 13.9. The summed E-state index contributed by atoms with van der Waals surface area (Å²) in [5.74, 6) is -1.08. The third kappa shape index (κ3) is 2.87. The van der Waals surface area contributed by atoms with Crippen molar-refractivity contribution in [3.05, 3.63) is 34.9 Å². The molecule has 2 nitrogen and oxygen atoms in total. The maximum absolute atomic E-state index is 13.9. The average molecular weight is 255 g/mol. The second kappa shape index (κ2) is 5.76. The first kappa shape index (κ1) is 13.4. The number of benzene rings is 1. The Bertz CT molecular complexity index is 417. The monoisotopic (exact) mass is 255 g/mol. The van der Waals surface area contributed by atoms with Crippen molar-refractivity contribution in [2.45, 2.75) is 44.8 Å². The largest absolute Gasteiger partial charge is 0.378 e. The second-order valence-corrected chi connectivity index (χ2v) is 4.91. The van der Waals surface area contributed by atoms with E-state index in [1.54, 1.807) is 6.92 Å². The molecule has 1 aromatic rings. The number of rotatable bonds is 4. The molecule has 4 heteroatoms. The molecule has 100 valence electrons. The lowest BCUT2D eigenvalue weighted by Crippen LogP contribution is -2.17. The van der Waals surface area contributed by atoms with Crippen molar-refractivity contribution in [3.63, 3.8) is 0 Å². The summed E-state index contributed by atoms with van der Waals surface area (Å²) < 4.78 is 33.0. The Morgan fingerprint density at radius 3 is 2.89 bits per heavy atom. The van der Waals surface area contributed by atoms with E-state index in [1.165, 1.54) is 12.1 Å². The lowest BCUT2D eigenvalue weighted by Gasteiger charge is -2.17. The molecule has 2 atom stereocenters. The van der Waals surface area contributed by atoms with E-state index in [2.05, 4.69) is 0 Å². The molecule has 1 aliphatic rings. The molecule has 2 rings (SSSR count). The summed E-state index contributed by atoms with van der Waals surface area (Å²) in [6.07, 6.45) is 3.58. The van der Waals surface area contributed by atoms with E-state index in [9.17, 15) is 8.78 Å². The third-order valence-electron chi connectivity index (χ3n) is 3.51. The summed E-state index contributed by atoms with van der Waals surface area (Å²) in [6.45, 7) is 2.40. The first-order valence-corrected chi connectivity index (χ1v) is 6.41. The summed E-state index contributed by atoms with van der Waals surface area (Å²) in [4.78, 5) is 0. The highest BCUT2D eigenvalue weighted by atomic mass is 19.1. The topological polar surface area (TPSA) is 35.2 Å². The fourth-order valence-electron chi connectivity index (χ4n) is 2.40. The van der Waals surface area contributed by atoms with Gasteiger partial charge >= 0.3 is 0 Å². The van der Waals surface area contributed by atoms with Crippen LogP contribution in [0.4, 0.5) is 8.78 Å². The van der Waals surface area contributed by atoms with Crippen LogP contribution in [-0.2, 0) is 4.74 Å². The minimum atomic E-state index is -0.603. The van der Waals surface area contributed by atoms with Crippen LogP contribution in [0.1, 0.15) is 42.9 Å². The Balaban J connectivity index is 2.03. The van der Waals surface area contributed by atoms with Crippen LogP contribution < -0.4 is 5.73 Å². The van der Waals surface area contributed by atoms with Crippen LogP contribution in [0.2, 0.25) is 0 Å². The Kier molecular flexibility index (Phi) is 4.30. The van der Waals surface area contributed by atoms with Gasteiger partial charge in [0.2, 0.25) is 0 Å². The molecule has 2 N–H and O–H groups in total. The first-order valence-electron chi connectivity index (χ1n) is 6.41. The van der Waals surface area contributed by atoms with Gasteiger partial charge in [-0.25, -0.2) is 8.78 Å². The molecule has 1 saturated heterocycles. The van der Waals surface area contributed by atoms with Crippen molar-refractivity contribution in [2.75, 3.05) is 6.61 Å². The van der Waals surface area contributed by atoms with Gasteiger partial charge in [0, 0.05) is 18.2 Å². The minimum Gasteiger partial charge on any atom is -0.378 e. The lowest BCUT2D eigenvalue weighted by atomic mass is 9.97. The van der Waals surface area contributed by atoms with E-state index in [0.717, 1.165) is 25.9 Å². The van der Waals surface area contributed by atoms with Crippen LogP contribution >= 0.6 is 0 Å². The lowest BCUT2D eigenvalue weighted by molar-refractivity contribution is 0.100. The molecule has 1 aliphatic heterocycles. The molecule has 0 aliphatic carbocycles. The van der Waals surface area contributed by atoms with Crippen molar-refractivity contribution in [2.24, 2.45) is 5.73 Å². The molecule has 18 heavy (non-hydrogen) atoms. The van der Waals surface area contributed by atoms with Gasteiger partial charge in [-0.15, -0.1) is 0 Å². The van der Waals surface area contributed by atoms with Gasteiger partial charge in [-0.3, -0.25) is 0 Å². The van der Waals surface area contributed by atoms with Crippen molar-refractivity contribution < 1.29 is 13.5 Å². The summed E-state index contributed by atoms with van der Waals surface area (Å²) in [6, 6.07) is 2.11. The van der Waals surface area contributed by atoms with Crippen molar-refractivity contribution >= 4 is 0 Å². The fraction of sp³-hybridized carbons (Fsp3) is 0.571. The number of halogens is 2. The van der Waals surface area contributed by atoms with Crippen molar-refractivity contribution in [1.82, 2.24) is 0 Å². The van der Waals surface area contributed by atoms with E-state index < -0.39 is 17.7 Å². The molecule has 0 bridgehead atoms. The van der Waals surface area contributed by atoms with Gasteiger partial charge in [-0.05, 0) is 44.2 Å². The van der Waals surface area contributed by atoms with E-state index in [0.29, 0.717) is 12.0 Å². The van der Waals surface area contributed by atoms with Gasteiger partial charge in [0.05, 0.1) is 6.10 Å². The van der Waals surface area contributed by atoms with E-state index in [4.69, 9.17) is 10.5 Å². The predicted octanol–water partition coefficient (Wildman–Crippen LogP) is 3.23. The second-order valence-electron chi connectivity index (χ2n) is 4.91. The van der Waals surface area contributed by atoms with Crippen LogP contribution in [0.3, 0.4) is 0 Å². The molecule has 0 radical (unpaired) electrons. The highest BCUT2D eigenvalue weighted by Gasteiger charge is 2.21. The van der Waals surface area contributed by atoms with Gasteiger partial charge in [0.25, 0.3) is 0 Å². The van der Waals surface area contributed by atoms with Crippen LogP contribution in [0.5, 0.6) is 0 Å². The van der Waals surface area contributed by atoms with Gasteiger partial charge in [-0.2, -0.15) is 0 Å². The van der Waals surface area contributed by atoms with E-state index in [1.807, 2.05) is 0 Å². The number of hydrogen-bond acceptors (Lipinski definition) is 2. The highest BCUT2D eigenvalue weighted by Crippen LogP contribution is 2.27. The molecule has 1 aromatic carbocycles. The summed E-state index contributed by atoms with van der Waals surface area (Å²) in [7, 11) is 0. The van der Waals surface area contributed by atoms with Gasteiger partial charge in [0.1, 0.15) is 11.6 Å². The van der Waals surface area contributed by atoms with Gasteiger partial charge < -0.3 is 10.5 Å². The summed E-state index contributed by atoms with van der Waals surface area (Å²) in [5, 5.41) is 0. The predicted molar refractivity (Wildman–Crippen MR) is 66.2 cm³/mol. The molecule has 1 heterocycles. The van der Waals surface area contributed by atoms with E-state index >= 15 is 0 Å². The Labute approximate surface area is 106 Å². The van der Waals surface area contributed by atoms with E-state index in [-0.39, 0.29) is 11.7 Å². The van der Waals surface area contributed by atoms with Crippen LogP contribution in [-0.4, -0.2) is 12.7 Å². The number of aryl methyl sites for hydroxylation is 1. The van der Waals surface area contributed by atoms with Crippen LogP contribution in [0.25, 0.3) is 0 Å². The SMILES string of the molecule is Cc1ccc(F)c(C(N)CCC2CCCO2)c1F. The number of hydrogen-bond donors (Lipinski definition) is 1. The summed E-state index contributed by atoms with van der Waals surface area (Å²) >= 11 is 0. The molecular formula is C14H19F2NO. The molecule has 1 fully saturated rings. The first-order chi connectivity index (χ1) is 8.59. The molecule has 0 aromatic heterocycles. The Morgan fingerprint density at radius 2 is 2.22 bits per heavy atom. The summed E-state index contributed by atoms with van der Waals surface area (Å²) in [5.41, 5.74) is 6.35. The smallest absolute Gasteiger partial charge is 0.133 e. The molecule has 0 saturated carbocycles. The number of ether oxygens (including phenoxy) is 1. The standard InChI is InChI=1S/C14H19F2NO/c1-9-4-6-11(15)13(14(9)16)12(17)7-5-10-3-2-8-18-10/h4,6,10,12H,2-3,5,7-8,17H2,1H3. The zero-order chi connectivity index (χ0) is 13.1. The van der Waals surface area contributed by atoms with Gasteiger partial charge in [0.15, 0.2) is 0 Å². The highest BCUT2D eigenvalue weighted by molar-refractivity contribution is 5.29. The molecule has 0 spiro atoms. The fourth-order valence-corrected chi connectivity index (χ4v) is 2.40.